The Morgan fingerprint density at radius 3 is 2.58 bits per heavy atom. The number of diazo groups is 1. The van der Waals surface area contributed by atoms with Gasteiger partial charge in [-0.1, -0.05) is 18.2 Å². The largest absolute Gasteiger partial charge is 0.489 e. The van der Waals surface area contributed by atoms with E-state index in [0.29, 0.717) is 22.7 Å². The molecule has 0 atom stereocenters. The zero-order valence-corrected chi connectivity index (χ0v) is 10.3. The van der Waals surface area contributed by atoms with Crippen LogP contribution in [0, 0.1) is 5.39 Å². The van der Waals surface area contributed by atoms with Gasteiger partial charge in [0, 0.05) is 23.4 Å². The van der Waals surface area contributed by atoms with Crippen molar-refractivity contribution in [3.05, 3.63) is 59.1 Å². The second kappa shape index (κ2) is 5.65. The standard InChI is InChI=1S/C14H11N3O2/c1-19-13-9-11(7-8-12(13)17-15)16-14(18)10-5-3-2-4-6-10/h2-9H,1H3/p+1. The third kappa shape index (κ3) is 2.87. The molecule has 94 valence electrons. The van der Waals surface area contributed by atoms with Crippen LogP contribution in [-0.2, 0) is 0 Å². The molecule has 1 N–H and O–H groups in total. The Morgan fingerprint density at radius 1 is 1.21 bits per heavy atom. The van der Waals surface area contributed by atoms with Crippen molar-refractivity contribution >= 4 is 17.3 Å². The van der Waals surface area contributed by atoms with Gasteiger partial charge in [0.15, 0.2) is 4.98 Å². The molecule has 2 aromatic rings. The molecule has 0 saturated heterocycles. The Hall–Kier alpha value is -2.87. The fraction of sp³-hybridized carbons (Fsp3) is 0.0714. The molecular formula is C14H12N3O2+. The summed E-state index contributed by atoms with van der Waals surface area (Å²) in [5.41, 5.74) is 1.44. The van der Waals surface area contributed by atoms with Crippen LogP contribution in [-0.4, -0.2) is 13.0 Å². The lowest BCUT2D eigenvalue weighted by Gasteiger charge is -2.05. The van der Waals surface area contributed by atoms with Gasteiger partial charge in [0.05, 0.1) is 7.11 Å². The van der Waals surface area contributed by atoms with E-state index in [9.17, 15) is 4.79 Å². The summed E-state index contributed by atoms with van der Waals surface area (Å²) in [5.74, 6) is 0.171. The molecule has 0 fully saturated rings. The highest BCUT2D eigenvalue weighted by Crippen LogP contribution is 2.30. The van der Waals surface area contributed by atoms with E-state index in [4.69, 9.17) is 10.1 Å². The van der Waals surface area contributed by atoms with Crippen LogP contribution in [0.15, 0.2) is 48.5 Å². The average Bonchev–Trinajstić information content (AvgIpc) is 2.48. The van der Waals surface area contributed by atoms with Crippen molar-refractivity contribution in [3.8, 4) is 5.75 Å². The van der Waals surface area contributed by atoms with Crippen molar-refractivity contribution in [1.29, 1.82) is 5.39 Å². The molecule has 0 aromatic heterocycles. The number of carbonyl (C=O) groups excluding carboxylic acids is 1. The maximum absolute atomic E-state index is 11.9. The minimum atomic E-state index is -0.212. The Kier molecular flexibility index (Phi) is 3.74. The molecule has 0 aliphatic rings. The number of methoxy groups -OCH3 is 1. The summed E-state index contributed by atoms with van der Waals surface area (Å²) < 4.78 is 5.06. The first kappa shape index (κ1) is 12.6. The SMILES string of the molecule is COc1cc(NC(=O)c2ccccc2)ccc1[N+]#N. The molecule has 5 nitrogen and oxygen atoms in total. The second-order valence-corrected chi connectivity index (χ2v) is 3.81. The van der Waals surface area contributed by atoms with Crippen LogP contribution in [0.3, 0.4) is 0 Å². The van der Waals surface area contributed by atoms with E-state index in [1.54, 1.807) is 42.5 Å². The van der Waals surface area contributed by atoms with Gasteiger partial charge in [0.1, 0.15) is 0 Å². The molecule has 2 rings (SSSR count). The molecular weight excluding hydrogens is 242 g/mol. The van der Waals surface area contributed by atoms with E-state index in [0.717, 1.165) is 0 Å². The Bertz CT molecular complexity index is 633. The first-order chi connectivity index (χ1) is 9.24. The van der Waals surface area contributed by atoms with Crippen LogP contribution in [0.5, 0.6) is 5.75 Å². The monoisotopic (exact) mass is 254 g/mol. The van der Waals surface area contributed by atoms with Crippen LogP contribution in [0.25, 0.3) is 4.98 Å². The highest BCUT2D eigenvalue weighted by atomic mass is 16.5. The van der Waals surface area contributed by atoms with Crippen molar-refractivity contribution in [3.63, 3.8) is 0 Å². The molecule has 0 bridgehead atoms. The topological polar surface area (TPSA) is 66.5 Å². The van der Waals surface area contributed by atoms with E-state index in [1.165, 1.54) is 7.11 Å². The molecule has 1 amide bonds. The van der Waals surface area contributed by atoms with Gasteiger partial charge in [-0.25, -0.2) is 0 Å². The van der Waals surface area contributed by atoms with E-state index in [2.05, 4.69) is 10.3 Å². The zero-order valence-electron chi connectivity index (χ0n) is 10.3. The average molecular weight is 254 g/mol. The first-order valence-corrected chi connectivity index (χ1v) is 5.64. The van der Waals surface area contributed by atoms with Gasteiger partial charge in [-0.05, 0) is 18.2 Å². The number of benzene rings is 2. The van der Waals surface area contributed by atoms with Crippen LogP contribution in [0.1, 0.15) is 10.4 Å². The molecule has 19 heavy (non-hydrogen) atoms. The molecule has 0 aliphatic heterocycles. The van der Waals surface area contributed by atoms with E-state index in [-0.39, 0.29) is 5.91 Å². The number of rotatable bonds is 3. The summed E-state index contributed by atoms with van der Waals surface area (Å²) >= 11 is 0. The van der Waals surface area contributed by atoms with Crippen molar-refractivity contribution in [1.82, 2.24) is 0 Å². The third-order valence-electron chi connectivity index (χ3n) is 2.58. The Morgan fingerprint density at radius 2 is 1.95 bits per heavy atom. The number of ether oxygens (including phenoxy) is 1. The van der Waals surface area contributed by atoms with Gasteiger partial charge >= 0.3 is 5.69 Å². The number of anilines is 1. The first-order valence-electron chi connectivity index (χ1n) is 5.64. The van der Waals surface area contributed by atoms with Gasteiger partial charge < -0.3 is 10.1 Å². The maximum Gasteiger partial charge on any atom is 0.426 e. The van der Waals surface area contributed by atoms with Crippen molar-refractivity contribution in [2.24, 2.45) is 0 Å². The van der Waals surface area contributed by atoms with Crippen LogP contribution < -0.4 is 10.1 Å². The minimum Gasteiger partial charge on any atom is -0.489 e. The fourth-order valence-corrected chi connectivity index (χ4v) is 1.63. The summed E-state index contributed by atoms with van der Waals surface area (Å²) in [6, 6.07) is 13.7. The molecule has 0 spiro atoms. The number of hydrogen-bond donors (Lipinski definition) is 1. The summed E-state index contributed by atoms with van der Waals surface area (Å²) in [5, 5.41) is 11.5. The van der Waals surface area contributed by atoms with Crippen molar-refractivity contribution in [2.75, 3.05) is 12.4 Å². The van der Waals surface area contributed by atoms with E-state index < -0.39 is 0 Å². The normalized spacial score (nSPS) is 9.47. The predicted octanol–water partition coefficient (Wildman–Crippen LogP) is 3.43. The smallest absolute Gasteiger partial charge is 0.426 e. The number of hydrogen-bond acceptors (Lipinski definition) is 3. The summed E-state index contributed by atoms with van der Waals surface area (Å²) in [7, 11) is 1.47. The highest BCUT2D eigenvalue weighted by Gasteiger charge is 2.15. The molecule has 0 aliphatic carbocycles. The predicted molar refractivity (Wildman–Crippen MR) is 72.1 cm³/mol. The Labute approximate surface area is 110 Å². The molecule has 5 heteroatoms. The van der Waals surface area contributed by atoms with Crippen molar-refractivity contribution < 1.29 is 9.53 Å². The van der Waals surface area contributed by atoms with Gasteiger partial charge in [-0.3, -0.25) is 4.79 Å². The number of nitrogens with zero attached hydrogens (tertiary/aromatic N) is 2. The van der Waals surface area contributed by atoms with Gasteiger partial charge in [0.2, 0.25) is 11.1 Å². The van der Waals surface area contributed by atoms with E-state index in [1.807, 2.05) is 6.07 Å². The van der Waals surface area contributed by atoms with Crippen LogP contribution >= 0.6 is 0 Å². The quantitative estimate of drug-likeness (QED) is 0.853. The second-order valence-electron chi connectivity index (χ2n) is 3.81. The van der Waals surface area contributed by atoms with Gasteiger partial charge in [-0.2, -0.15) is 0 Å². The maximum atomic E-state index is 11.9. The summed E-state index contributed by atoms with van der Waals surface area (Å²) in [6.45, 7) is 0. The lowest BCUT2D eigenvalue weighted by atomic mass is 10.2. The zero-order chi connectivity index (χ0) is 13.7. The van der Waals surface area contributed by atoms with E-state index >= 15 is 0 Å². The molecule has 0 unspecified atom stereocenters. The number of nitrogens with one attached hydrogen (secondary N) is 1. The van der Waals surface area contributed by atoms with Crippen LogP contribution in [0.4, 0.5) is 11.4 Å². The molecule has 0 heterocycles. The molecule has 0 radical (unpaired) electrons. The number of amides is 1. The van der Waals surface area contributed by atoms with Gasteiger partial charge in [0.25, 0.3) is 5.91 Å². The lowest BCUT2D eigenvalue weighted by molar-refractivity contribution is 0.102. The number of carbonyl (C=O) groups is 1. The minimum absolute atomic E-state index is 0.212. The molecule has 2 aromatic carbocycles. The Balaban J connectivity index is 2.21. The lowest BCUT2D eigenvalue weighted by Crippen LogP contribution is -2.11. The van der Waals surface area contributed by atoms with Crippen LogP contribution in [0.2, 0.25) is 0 Å². The highest BCUT2D eigenvalue weighted by molar-refractivity contribution is 6.04. The molecule has 0 saturated carbocycles. The summed E-state index contributed by atoms with van der Waals surface area (Å²) in [4.78, 5) is 15.0. The van der Waals surface area contributed by atoms with Gasteiger partial charge in [-0.15, -0.1) is 0 Å². The fourth-order valence-electron chi connectivity index (χ4n) is 1.63. The van der Waals surface area contributed by atoms with Crippen molar-refractivity contribution in [2.45, 2.75) is 0 Å². The summed E-state index contributed by atoms with van der Waals surface area (Å²) in [6.07, 6.45) is 0. The third-order valence-corrected chi connectivity index (χ3v) is 2.58.